The van der Waals surface area contributed by atoms with Gasteiger partial charge in [0.05, 0.1) is 0 Å². The van der Waals surface area contributed by atoms with E-state index in [2.05, 4.69) is 20.9 Å². The fourth-order valence-corrected chi connectivity index (χ4v) is 2.92. The zero-order chi connectivity index (χ0) is 20.7. The molecule has 156 valence electrons. The number of ether oxygens (including phenoxy) is 1. The van der Waals surface area contributed by atoms with Crippen molar-refractivity contribution in [2.45, 2.75) is 38.8 Å². The Balaban J connectivity index is 1.76. The molecule has 1 aromatic carbocycles. The summed E-state index contributed by atoms with van der Waals surface area (Å²) in [5.41, 5.74) is -0.530. The molecule has 1 unspecified atom stereocenters. The number of benzene rings is 1. The van der Waals surface area contributed by atoms with Gasteiger partial charge in [-0.1, -0.05) is 6.07 Å². The molecule has 1 atom stereocenters. The van der Waals surface area contributed by atoms with Crippen molar-refractivity contribution in [1.82, 2.24) is 16.0 Å². The number of anilines is 1. The molecule has 1 aromatic rings. The molecular weight excluding hydrogens is 368 g/mol. The van der Waals surface area contributed by atoms with E-state index >= 15 is 0 Å². The first kappa shape index (κ1) is 21.7. The Kier molecular flexibility index (Phi) is 7.42. The quantitative estimate of drug-likeness (QED) is 0.404. The zero-order valence-electron chi connectivity index (χ0n) is 16.8. The lowest BCUT2D eigenvalue weighted by molar-refractivity contribution is 0.0529. The number of alkyl carbamates (subject to hydrolysis) is 1. The highest BCUT2D eigenvalue weighted by Crippen LogP contribution is 2.26. The van der Waals surface area contributed by atoms with Crippen molar-refractivity contribution in [2.75, 3.05) is 38.1 Å². The van der Waals surface area contributed by atoms with E-state index in [1.54, 1.807) is 32.7 Å². The van der Waals surface area contributed by atoms with Gasteiger partial charge in [-0.3, -0.25) is 4.99 Å². The van der Waals surface area contributed by atoms with Crippen LogP contribution in [0.25, 0.3) is 0 Å². The molecule has 2 rings (SSSR count). The number of nitrogens with zero attached hydrogens (tertiary/aromatic N) is 2. The molecule has 0 spiro atoms. The molecule has 0 radical (unpaired) electrons. The average Bonchev–Trinajstić information content (AvgIpc) is 3.04. The molecule has 1 aliphatic heterocycles. The van der Waals surface area contributed by atoms with Crippen LogP contribution in [0.15, 0.2) is 23.2 Å². The minimum absolute atomic E-state index is 0.00372. The van der Waals surface area contributed by atoms with Gasteiger partial charge in [-0.25, -0.2) is 13.6 Å². The molecule has 0 aromatic heterocycles. The van der Waals surface area contributed by atoms with Crippen molar-refractivity contribution in [1.29, 1.82) is 0 Å². The van der Waals surface area contributed by atoms with E-state index in [1.807, 2.05) is 0 Å². The SMILES string of the molecule is CN=C(NCCNC(=O)OC(C)(C)C)NC1CCN(c2c(F)cccc2F)C1. The summed E-state index contributed by atoms with van der Waals surface area (Å²) in [5.74, 6) is -0.556. The Morgan fingerprint density at radius 2 is 1.89 bits per heavy atom. The minimum atomic E-state index is -0.559. The van der Waals surface area contributed by atoms with Crippen molar-refractivity contribution >= 4 is 17.7 Å². The molecule has 1 amide bonds. The van der Waals surface area contributed by atoms with Crippen molar-refractivity contribution in [3.8, 4) is 0 Å². The van der Waals surface area contributed by atoms with Gasteiger partial charge in [-0.2, -0.15) is 0 Å². The average molecular weight is 397 g/mol. The van der Waals surface area contributed by atoms with Crippen LogP contribution in [-0.4, -0.2) is 56.9 Å². The molecule has 7 nitrogen and oxygen atoms in total. The Hall–Kier alpha value is -2.58. The van der Waals surface area contributed by atoms with Crippen molar-refractivity contribution in [3.05, 3.63) is 29.8 Å². The Bertz CT molecular complexity index is 686. The molecular formula is C19H29F2N5O2. The van der Waals surface area contributed by atoms with E-state index < -0.39 is 23.3 Å². The molecule has 1 fully saturated rings. The Morgan fingerprint density at radius 1 is 1.25 bits per heavy atom. The number of hydrogen-bond acceptors (Lipinski definition) is 4. The van der Waals surface area contributed by atoms with Gasteiger partial charge < -0.3 is 25.6 Å². The number of hydrogen-bond donors (Lipinski definition) is 3. The predicted molar refractivity (Wildman–Crippen MR) is 106 cm³/mol. The molecule has 0 saturated carbocycles. The first-order chi connectivity index (χ1) is 13.2. The van der Waals surface area contributed by atoms with Crippen molar-refractivity contribution in [3.63, 3.8) is 0 Å². The maximum Gasteiger partial charge on any atom is 0.407 e. The second-order valence-corrected chi connectivity index (χ2v) is 7.57. The summed E-state index contributed by atoms with van der Waals surface area (Å²) in [6.45, 7) is 7.24. The number of amides is 1. The van der Waals surface area contributed by atoms with Crippen molar-refractivity contribution in [2.24, 2.45) is 4.99 Å². The summed E-state index contributed by atoms with van der Waals surface area (Å²) in [7, 11) is 1.64. The normalized spacial score (nSPS) is 17.4. The first-order valence-electron chi connectivity index (χ1n) is 9.32. The van der Waals surface area contributed by atoms with Gasteiger partial charge in [-0.15, -0.1) is 0 Å². The Morgan fingerprint density at radius 3 is 2.50 bits per heavy atom. The molecule has 1 aliphatic rings. The van der Waals surface area contributed by atoms with Crippen LogP contribution in [-0.2, 0) is 4.74 Å². The molecule has 1 saturated heterocycles. The van der Waals surface area contributed by atoms with E-state index in [-0.39, 0.29) is 11.7 Å². The van der Waals surface area contributed by atoms with E-state index in [9.17, 15) is 13.6 Å². The molecule has 3 N–H and O–H groups in total. The van der Waals surface area contributed by atoms with Crippen LogP contribution < -0.4 is 20.9 Å². The van der Waals surface area contributed by atoms with Crippen LogP contribution in [0.5, 0.6) is 0 Å². The second-order valence-electron chi connectivity index (χ2n) is 7.57. The van der Waals surface area contributed by atoms with Crippen LogP contribution in [0.3, 0.4) is 0 Å². The van der Waals surface area contributed by atoms with Gasteiger partial charge in [0.1, 0.15) is 22.9 Å². The lowest BCUT2D eigenvalue weighted by atomic mass is 10.2. The van der Waals surface area contributed by atoms with Crippen LogP contribution in [0, 0.1) is 11.6 Å². The lowest BCUT2D eigenvalue weighted by Gasteiger charge is -2.21. The second kappa shape index (κ2) is 9.57. The molecule has 1 heterocycles. The lowest BCUT2D eigenvalue weighted by Crippen LogP contribution is -2.47. The molecule has 28 heavy (non-hydrogen) atoms. The third kappa shape index (κ3) is 6.54. The number of carbonyl (C=O) groups is 1. The highest BCUT2D eigenvalue weighted by Gasteiger charge is 2.27. The topological polar surface area (TPSA) is 78.0 Å². The monoisotopic (exact) mass is 397 g/mol. The number of para-hydroxylation sites is 1. The summed E-state index contributed by atoms with van der Waals surface area (Å²) in [6, 6.07) is 3.88. The van der Waals surface area contributed by atoms with Gasteiger partial charge in [0, 0.05) is 39.3 Å². The summed E-state index contributed by atoms with van der Waals surface area (Å²) >= 11 is 0. The molecule has 0 aliphatic carbocycles. The van der Waals surface area contributed by atoms with E-state index in [1.165, 1.54) is 18.2 Å². The van der Waals surface area contributed by atoms with Crippen molar-refractivity contribution < 1.29 is 18.3 Å². The fourth-order valence-electron chi connectivity index (χ4n) is 2.92. The van der Waals surface area contributed by atoms with E-state index in [4.69, 9.17) is 4.74 Å². The highest BCUT2D eigenvalue weighted by atomic mass is 19.1. The van der Waals surface area contributed by atoms with Crippen LogP contribution in [0.2, 0.25) is 0 Å². The molecule has 9 heteroatoms. The van der Waals surface area contributed by atoms with Gasteiger partial charge in [0.2, 0.25) is 0 Å². The van der Waals surface area contributed by atoms with Crippen LogP contribution in [0.1, 0.15) is 27.2 Å². The van der Waals surface area contributed by atoms with E-state index in [0.717, 1.165) is 6.42 Å². The first-order valence-corrected chi connectivity index (χ1v) is 9.32. The predicted octanol–water partition coefficient (Wildman–Crippen LogP) is 2.23. The third-order valence-electron chi connectivity index (χ3n) is 4.09. The fraction of sp³-hybridized carbons (Fsp3) is 0.579. The van der Waals surface area contributed by atoms with Gasteiger partial charge in [0.25, 0.3) is 0 Å². The Labute approximate surface area is 164 Å². The summed E-state index contributed by atoms with van der Waals surface area (Å²) in [6.07, 6.45) is 0.251. The van der Waals surface area contributed by atoms with Gasteiger partial charge in [0.15, 0.2) is 5.96 Å². The maximum atomic E-state index is 13.9. The number of aliphatic imine (C=N–C) groups is 1. The smallest absolute Gasteiger partial charge is 0.407 e. The minimum Gasteiger partial charge on any atom is -0.444 e. The van der Waals surface area contributed by atoms with E-state index in [0.29, 0.717) is 32.1 Å². The van der Waals surface area contributed by atoms with Crippen LogP contribution in [0.4, 0.5) is 19.3 Å². The molecule has 0 bridgehead atoms. The van der Waals surface area contributed by atoms with Gasteiger partial charge >= 0.3 is 6.09 Å². The number of guanidine groups is 1. The number of halogens is 2. The number of rotatable bonds is 5. The summed E-state index contributed by atoms with van der Waals surface area (Å²) in [5, 5.41) is 8.99. The van der Waals surface area contributed by atoms with Crippen LogP contribution >= 0.6 is 0 Å². The largest absolute Gasteiger partial charge is 0.444 e. The standard InChI is InChI=1S/C19H29F2N5O2/c1-19(2,3)28-18(27)24-10-9-23-17(22-4)25-13-8-11-26(12-13)16-14(20)6-5-7-15(16)21/h5-7,13H,8-12H2,1-4H3,(H,24,27)(H2,22,23,25). The summed E-state index contributed by atoms with van der Waals surface area (Å²) in [4.78, 5) is 17.4. The third-order valence-corrected chi connectivity index (χ3v) is 4.09. The maximum absolute atomic E-state index is 13.9. The number of nitrogens with one attached hydrogen (secondary N) is 3. The van der Waals surface area contributed by atoms with Gasteiger partial charge in [-0.05, 0) is 39.3 Å². The summed E-state index contributed by atoms with van der Waals surface area (Å²) < 4.78 is 33.1. The number of carbonyl (C=O) groups excluding carboxylic acids is 1. The zero-order valence-corrected chi connectivity index (χ0v) is 16.8. The highest BCUT2D eigenvalue weighted by molar-refractivity contribution is 5.80.